The van der Waals surface area contributed by atoms with Crippen LogP contribution < -0.4 is 9.80 Å². The van der Waals surface area contributed by atoms with E-state index in [9.17, 15) is 13.2 Å². The van der Waals surface area contributed by atoms with Crippen LogP contribution in [-0.2, 0) is 12.6 Å². The Hall–Kier alpha value is -2.70. The number of H-pyrrole nitrogens is 1. The largest absolute Gasteiger partial charge is 0.417 e. The molecule has 1 aromatic rings. The Morgan fingerprint density at radius 2 is 1.75 bits per heavy atom. The van der Waals surface area contributed by atoms with Crippen molar-refractivity contribution in [2.45, 2.75) is 26.4 Å². The summed E-state index contributed by atoms with van der Waals surface area (Å²) in [5, 5.41) is 0. The van der Waals surface area contributed by atoms with E-state index in [0.717, 1.165) is 50.6 Å². The number of alkyl halides is 3. The molecule has 4 rings (SSSR count). The predicted octanol–water partition coefficient (Wildman–Crippen LogP) is 4.73. The van der Waals surface area contributed by atoms with Crippen LogP contribution in [0.15, 0.2) is 36.7 Å². The van der Waals surface area contributed by atoms with Gasteiger partial charge in [0, 0.05) is 49.8 Å². The Bertz CT molecular complexity index is 922. The first-order valence-electron chi connectivity index (χ1n) is 9.51. The summed E-state index contributed by atoms with van der Waals surface area (Å²) >= 11 is 0. The molecule has 7 heteroatoms. The molecule has 1 saturated heterocycles. The second-order valence-corrected chi connectivity index (χ2v) is 7.20. The van der Waals surface area contributed by atoms with Crippen LogP contribution in [0.4, 0.5) is 24.7 Å². The summed E-state index contributed by atoms with van der Waals surface area (Å²) in [5.74, 6) is 0.597. The van der Waals surface area contributed by atoms with Crippen LogP contribution in [0.25, 0.3) is 11.3 Å². The van der Waals surface area contributed by atoms with Gasteiger partial charge >= 0.3 is 6.18 Å². The molecule has 3 aliphatic rings. The van der Waals surface area contributed by atoms with E-state index in [0.29, 0.717) is 5.82 Å². The highest BCUT2D eigenvalue weighted by molar-refractivity contribution is 5.84. The fourth-order valence-corrected chi connectivity index (χ4v) is 3.95. The second kappa shape index (κ2) is 7.04. The van der Waals surface area contributed by atoms with E-state index in [4.69, 9.17) is 0 Å². The number of aromatic amines is 1. The molecule has 4 nitrogen and oxygen atoms in total. The number of piperazine rings is 1. The normalized spacial score (nSPS) is 15.5. The molecule has 0 radical (unpaired) electrons. The standard InChI is InChI=1S/C21H23F3N4/c1-3-15-12-25-17-6-4-14(2)19(17)20(15)28-10-8-27(9-11-28)18-7-5-16(13-26-18)21(22,23)24/h4-7,12-13,25H,3,8-11H2,1-2H3. The summed E-state index contributed by atoms with van der Waals surface area (Å²) in [6.45, 7) is 7.34. The lowest BCUT2D eigenvalue weighted by atomic mass is 10.0. The Morgan fingerprint density at radius 1 is 1.04 bits per heavy atom. The molecule has 1 aromatic heterocycles. The van der Waals surface area contributed by atoms with Crippen LogP contribution in [0.1, 0.15) is 23.6 Å². The molecule has 148 valence electrons. The monoisotopic (exact) mass is 388 g/mol. The van der Waals surface area contributed by atoms with Gasteiger partial charge in [0.25, 0.3) is 0 Å². The number of aromatic nitrogens is 2. The summed E-state index contributed by atoms with van der Waals surface area (Å²) in [6, 6.07) is 6.81. The molecule has 0 unspecified atom stereocenters. The number of fused-ring (bicyclic) bond motifs is 1. The van der Waals surface area contributed by atoms with Gasteiger partial charge in [0.1, 0.15) is 5.82 Å². The van der Waals surface area contributed by atoms with Crippen LogP contribution in [0.3, 0.4) is 0 Å². The van der Waals surface area contributed by atoms with Crippen molar-refractivity contribution in [3.8, 4) is 11.3 Å². The average molecular weight is 388 g/mol. The smallest absolute Gasteiger partial charge is 0.367 e. The molecule has 0 atom stereocenters. The van der Waals surface area contributed by atoms with E-state index in [2.05, 4.69) is 47.0 Å². The highest BCUT2D eigenvalue weighted by atomic mass is 19.4. The maximum Gasteiger partial charge on any atom is 0.417 e. The topological polar surface area (TPSA) is 35.2 Å². The van der Waals surface area contributed by atoms with Crippen molar-refractivity contribution in [2.75, 3.05) is 36.0 Å². The van der Waals surface area contributed by atoms with E-state index < -0.39 is 11.7 Å². The highest BCUT2D eigenvalue weighted by Crippen LogP contribution is 2.39. The maximum absolute atomic E-state index is 12.7. The molecule has 28 heavy (non-hydrogen) atoms. The summed E-state index contributed by atoms with van der Waals surface area (Å²) < 4.78 is 38.2. The molecule has 1 fully saturated rings. The molecule has 1 aliphatic carbocycles. The van der Waals surface area contributed by atoms with Gasteiger partial charge in [-0.25, -0.2) is 4.98 Å². The number of pyridine rings is 2. The molecule has 0 spiro atoms. The van der Waals surface area contributed by atoms with Crippen molar-refractivity contribution in [1.82, 2.24) is 9.97 Å². The zero-order valence-corrected chi connectivity index (χ0v) is 16.0. The first-order valence-corrected chi connectivity index (χ1v) is 9.51. The van der Waals surface area contributed by atoms with E-state index >= 15 is 0 Å². The number of hydrogen-bond acceptors (Lipinski definition) is 3. The third-order valence-electron chi connectivity index (χ3n) is 5.48. The van der Waals surface area contributed by atoms with Gasteiger partial charge in [0.15, 0.2) is 0 Å². The first kappa shape index (κ1) is 18.7. The summed E-state index contributed by atoms with van der Waals surface area (Å²) in [7, 11) is 0. The number of nitrogens with zero attached hydrogens (tertiary/aromatic N) is 3. The number of nitrogens with one attached hydrogen (secondary N) is 1. The van der Waals surface area contributed by atoms with Crippen LogP contribution in [0, 0.1) is 6.92 Å². The lowest BCUT2D eigenvalue weighted by Gasteiger charge is -2.38. The fourth-order valence-electron chi connectivity index (χ4n) is 3.95. The minimum atomic E-state index is -4.35. The molecule has 0 aromatic carbocycles. The lowest BCUT2D eigenvalue weighted by Crippen LogP contribution is -2.47. The van der Waals surface area contributed by atoms with Crippen LogP contribution in [-0.4, -0.2) is 36.1 Å². The molecular weight excluding hydrogens is 365 g/mol. The van der Waals surface area contributed by atoms with Crippen molar-refractivity contribution in [2.24, 2.45) is 0 Å². The number of rotatable bonds is 3. The summed E-state index contributed by atoms with van der Waals surface area (Å²) in [6.07, 6.45) is -0.414. The van der Waals surface area contributed by atoms with Gasteiger partial charge in [-0.15, -0.1) is 0 Å². The van der Waals surface area contributed by atoms with Gasteiger partial charge in [-0.05, 0) is 42.7 Å². The van der Waals surface area contributed by atoms with Crippen molar-refractivity contribution >= 4 is 11.5 Å². The molecule has 0 bridgehead atoms. The van der Waals surface area contributed by atoms with E-state index in [1.165, 1.54) is 28.4 Å². The molecular formula is C21H23F3N4. The predicted molar refractivity (Wildman–Crippen MR) is 105 cm³/mol. The van der Waals surface area contributed by atoms with E-state index in [1.54, 1.807) is 0 Å². The number of halogens is 3. The van der Waals surface area contributed by atoms with Crippen LogP contribution >= 0.6 is 0 Å². The molecule has 0 saturated carbocycles. The second-order valence-electron chi connectivity index (χ2n) is 7.20. The van der Waals surface area contributed by atoms with Gasteiger partial charge in [-0.2, -0.15) is 13.2 Å². The van der Waals surface area contributed by atoms with Gasteiger partial charge < -0.3 is 14.8 Å². The van der Waals surface area contributed by atoms with Crippen molar-refractivity contribution in [1.29, 1.82) is 0 Å². The van der Waals surface area contributed by atoms with Gasteiger partial charge in [0.05, 0.1) is 11.3 Å². The zero-order chi connectivity index (χ0) is 19.9. The SMILES string of the molecule is CCc1c[nH]c2ccc(C)c-2c1N1CCN(c2ccc(C(F)(F)F)cn2)CC1. The third-order valence-corrected chi connectivity index (χ3v) is 5.48. The highest BCUT2D eigenvalue weighted by Gasteiger charge is 2.31. The summed E-state index contributed by atoms with van der Waals surface area (Å²) in [5.41, 5.74) is 5.50. The van der Waals surface area contributed by atoms with Crippen molar-refractivity contribution in [3.63, 3.8) is 0 Å². The Morgan fingerprint density at radius 3 is 2.36 bits per heavy atom. The minimum absolute atomic E-state index is 0.597. The Labute approximate surface area is 162 Å². The number of hydrogen-bond donors (Lipinski definition) is 1. The van der Waals surface area contributed by atoms with Crippen molar-refractivity contribution in [3.05, 3.63) is 53.3 Å². The number of anilines is 2. The first-order chi connectivity index (χ1) is 13.4. The van der Waals surface area contributed by atoms with E-state index in [-0.39, 0.29) is 0 Å². The Kier molecular flexibility index (Phi) is 4.69. The third kappa shape index (κ3) is 3.30. The molecule has 0 amide bonds. The molecule has 2 aliphatic heterocycles. The maximum atomic E-state index is 12.7. The van der Waals surface area contributed by atoms with Gasteiger partial charge in [0.2, 0.25) is 0 Å². The lowest BCUT2D eigenvalue weighted by molar-refractivity contribution is -0.137. The minimum Gasteiger partial charge on any atom is -0.367 e. The zero-order valence-electron chi connectivity index (χ0n) is 16.0. The quantitative estimate of drug-likeness (QED) is 0.705. The number of aryl methyl sites for hydroxylation is 2. The fraction of sp³-hybridized carbons (Fsp3) is 0.381. The van der Waals surface area contributed by atoms with Crippen molar-refractivity contribution < 1.29 is 13.2 Å². The molecule has 3 heterocycles. The van der Waals surface area contributed by atoms with Gasteiger partial charge in [-0.1, -0.05) is 13.0 Å². The Balaban J connectivity index is 1.54. The van der Waals surface area contributed by atoms with Crippen LogP contribution in [0.2, 0.25) is 0 Å². The van der Waals surface area contributed by atoms with E-state index in [1.807, 2.05) is 4.90 Å². The van der Waals surface area contributed by atoms with Crippen LogP contribution in [0.5, 0.6) is 0 Å². The average Bonchev–Trinajstić information content (AvgIpc) is 3.08. The van der Waals surface area contributed by atoms with Gasteiger partial charge in [-0.3, -0.25) is 0 Å². The molecule has 1 N–H and O–H groups in total. The summed E-state index contributed by atoms with van der Waals surface area (Å²) in [4.78, 5) is 11.9.